The summed E-state index contributed by atoms with van der Waals surface area (Å²) in [6.07, 6.45) is 2.00. The second-order valence-electron chi connectivity index (χ2n) is 3.38. The van der Waals surface area contributed by atoms with E-state index in [-0.39, 0.29) is 17.7 Å². The number of thioether (sulfide) groups is 1. The molecule has 0 bridgehead atoms. The van der Waals surface area contributed by atoms with Crippen molar-refractivity contribution < 1.29 is 9.90 Å². The van der Waals surface area contributed by atoms with Crippen LogP contribution in [0.3, 0.4) is 0 Å². The van der Waals surface area contributed by atoms with Crippen molar-refractivity contribution in [2.75, 3.05) is 12.0 Å². The van der Waals surface area contributed by atoms with E-state index in [2.05, 4.69) is 5.32 Å². The van der Waals surface area contributed by atoms with Gasteiger partial charge in [-0.15, -0.1) is 0 Å². The lowest BCUT2D eigenvalue weighted by atomic mass is 10.2. The Morgan fingerprint density at radius 2 is 2.07 bits per heavy atom. The maximum Gasteiger partial charge on any atom is 0.251 e. The molecule has 0 saturated carbocycles. The Hall–Kier alpha value is -1.16. The number of nitrogens with one attached hydrogen (secondary N) is 1. The Morgan fingerprint density at radius 3 is 2.60 bits per heavy atom. The van der Waals surface area contributed by atoms with E-state index in [0.29, 0.717) is 5.56 Å². The highest BCUT2D eigenvalue weighted by Crippen LogP contribution is 2.09. The second kappa shape index (κ2) is 5.66. The predicted octanol–water partition coefficient (Wildman–Crippen LogP) is 1.87. The summed E-state index contributed by atoms with van der Waals surface area (Å²) in [6, 6.07) is 6.39. The van der Waals surface area contributed by atoms with Crippen LogP contribution >= 0.6 is 11.8 Å². The summed E-state index contributed by atoms with van der Waals surface area (Å²) in [5.41, 5.74) is 0.570. The highest BCUT2D eigenvalue weighted by atomic mass is 32.2. The molecule has 0 fully saturated rings. The first kappa shape index (κ1) is 11.9. The summed E-state index contributed by atoms with van der Waals surface area (Å²) in [6.45, 7) is 1.97. The lowest BCUT2D eigenvalue weighted by Crippen LogP contribution is -2.34. The quantitative estimate of drug-likeness (QED) is 0.822. The number of rotatable bonds is 4. The molecule has 0 aliphatic carbocycles. The van der Waals surface area contributed by atoms with E-state index in [1.165, 1.54) is 12.1 Å². The first-order chi connectivity index (χ1) is 7.13. The number of phenols is 1. The molecule has 0 heterocycles. The van der Waals surface area contributed by atoms with Gasteiger partial charge in [-0.3, -0.25) is 4.79 Å². The van der Waals surface area contributed by atoms with Crippen LogP contribution in [0, 0.1) is 0 Å². The molecule has 82 valence electrons. The van der Waals surface area contributed by atoms with Gasteiger partial charge in [0, 0.05) is 17.4 Å². The minimum atomic E-state index is -0.100. The van der Waals surface area contributed by atoms with E-state index < -0.39 is 0 Å². The largest absolute Gasteiger partial charge is 0.508 e. The van der Waals surface area contributed by atoms with Crippen LogP contribution in [0.2, 0.25) is 0 Å². The first-order valence-corrected chi connectivity index (χ1v) is 6.11. The Bertz CT molecular complexity index is 324. The van der Waals surface area contributed by atoms with Crippen LogP contribution in [-0.2, 0) is 0 Å². The van der Waals surface area contributed by atoms with Crippen molar-refractivity contribution in [3.8, 4) is 5.75 Å². The van der Waals surface area contributed by atoms with Crippen molar-refractivity contribution in [2.45, 2.75) is 13.0 Å². The molecule has 0 aliphatic heterocycles. The van der Waals surface area contributed by atoms with Crippen LogP contribution in [0.25, 0.3) is 0 Å². The molecule has 1 amide bonds. The number of amides is 1. The zero-order chi connectivity index (χ0) is 11.3. The third kappa shape index (κ3) is 3.83. The number of hydrogen-bond donors (Lipinski definition) is 2. The highest BCUT2D eigenvalue weighted by Gasteiger charge is 2.08. The minimum Gasteiger partial charge on any atom is -0.508 e. The van der Waals surface area contributed by atoms with Gasteiger partial charge in [0.25, 0.3) is 5.91 Å². The number of benzene rings is 1. The van der Waals surface area contributed by atoms with E-state index in [4.69, 9.17) is 5.11 Å². The van der Waals surface area contributed by atoms with Crippen molar-refractivity contribution in [3.63, 3.8) is 0 Å². The molecule has 15 heavy (non-hydrogen) atoms. The van der Waals surface area contributed by atoms with Crippen LogP contribution in [0.4, 0.5) is 0 Å². The Balaban J connectivity index is 2.57. The molecule has 1 rings (SSSR count). The van der Waals surface area contributed by atoms with Gasteiger partial charge in [0.2, 0.25) is 0 Å². The maximum atomic E-state index is 11.6. The van der Waals surface area contributed by atoms with Gasteiger partial charge < -0.3 is 10.4 Å². The molecule has 1 aromatic rings. The van der Waals surface area contributed by atoms with Gasteiger partial charge in [-0.2, -0.15) is 11.8 Å². The Morgan fingerprint density at radius 1 is 1.47 bits per heavy atom. The van der Waals surface area contributed by atoms with Crippen LogP contribution in [0.1, 0.15) is 17.3 Å². The van der Waals surface area contributed by atoms with Crippen molar-refractivity contribution in [1.29, 1.82) is 0 Å². The molecular formula is C11H15NO2S. The molecule has 0 aliphatic rings. The van der Waals surface area contributed by atoms with E-state index in [0.717, 1.165) is 5.75 Å². The highest BCUT2D eigenvalue weighted by molar-refractivity contribution is 7.98. The van der Waals surface area contributed by atoms with Gasteiger partial charge in [-0.25, -0.2) is 0 Å². The smallest absolute Gasteiger partial charge is 0.251 e. The molecule has 3 nitrogen and oxygen atoms in total. The van der Waals surface area contributed by atoms with Gasteiger partial charge in [-0.1, -0.05) is 0 Å². The monoisotopic (exact) mass is 225 g/mol. The van der Waals surface area contributed by atoms with E-state index in [9.17, 15) is 4.79 Å². The SMILES string of the molecule is CSCC(C)NC(=O)c1ccc(O)cc1. The van der Waals surface area contributed by atoms with Crippen molar-refractivity contribution >= 4 is 17.7 Å². The van der Waals surface area contributed by atoms with Gasteiger partial charge in [0.05, 0.1) is 0 Å². The maximum absolute atomic E-state index is 11.6. The molecule has 4 heteroatoms. The molecule has 1 unspecified atom stereocenters. The first-order valence-electron chi connectivity index (χ1n) is 4.72. The summed E-state index contributed by atoms with van der Waals surface area (Å²) in [7, 11) is 0. The molecular weight excluding hydrogens is 210 g/mol. The second-order valence-corrected chi connectivity index (χ2v) is 4.29. The fourth-order valence-corrected chi connectivity index (χ4v) is 1.79. The van der Waals surface area contributed by atoms with Gasteiger partial charge in [0.15, 0.2) is 0 Å². The van der Waals surface area contributed by atoms with Crippen LogP contribution in [-0.4, -0.2) is 29.1 Å². The molecule has 2 N–H and O–H groups in total. The molecule has 0 spiro atoms. The molecule has 0 saturated heterocycles. The van der Waals surface area contributed by atoms with Gasteiger partial charge >= 0.3 is 0 Å². The Kier molecular flexibility index (Phi) is 4.49. The van der Waals surface area contributed by atoms with Gasteiger partial charge in [-0.05, 0) is 37.4 Å². The zero-order valence-corrected chi connectivity index (χ0v) is 9.67. The average Bonchev–Trinajstić information content (AvgIpc) is 2.18. The lowest BCUT2D eigenvalue weighted by molar-refractivity contribution is 0.0944. The van der Waals surface area contributed by atoms with Crippen molar-refractivity contribution in [2.24, 2.45) is 0 Å². The topological polar surface area (TPSA) is 49.3 Å². The Labute approximate surface area is 93.9 Å². The van der Waals surface area contributed by atoms with Crippen LogP contribution < -0.4 is 5.32 Å². The lowest BCUT2D eigenvalue weighted by Gasteiger charge is -2.12. The number of hydrogen-bond acceptors (Lipinski definition) is 3. The third-order valence-electron chi connectivity index (χ3n) is 1.92. The summed E-state index contributed by atoms with van der Waals surface area (Å²) < 4.78 is 0. The number of phenolic OH excluding ortho intramolecular Hbond substituents is 1. The van der Waals surface area contributed by atoms with E-state index in [1.807, 2.05) is 13.2 Å². The van der Waals surface area contributed by atoms with Crippen molar-refractivity contribution in [3.05, 3.63) is 29.8 Å². The number of aromatic hydroxyl groups is 1. The fraction of sp³-hybridized carbons (Fsp3) is 0.364. The standard InChI is InChI=1S/C11H15NO2S/c1-8(7-15-2)12-11(14)9-3-5-10(13)6-4-9/h3-6,8,13H,7H2,1-2H3,(H,12,14). The van der Waals surface area contributed by atoms with Crippen LogP contribution in [0.5, 0.6) is 5.75 Å². The normalized spacial score (nSPS) is 12.1. The summed E-state index contributed by atoms with van der Waals surface area (Å²) in [5, 5.41) is 11.9. The summed E-state index contributed by atoms with van der Waals surface area (Å²) >= 11 is 1.69. The van der Waals surface area contributed by atoms with E-state index in [1.54, 1.807) is 23.9 Å². The molecule has 1 aromatic carbocycles. The summed E-state index contributed by atoms with van der Waals surface area (Å²) in [5.74, 6) is 0.962. The molecule has 0 aromatic heterocycles. The minimum absolute atomic E-state index is 0.100. The van der Waals surface area contributed by atoms with E-state index >= 15 is 0 Å². The molecule has 0 radical (unpaired) electrons. The number of carbonyl (C=O) groups excluding carboxylic acids is 1. The predicted molar refractivity (Wildman–Crippen MR) is 63.4 cm³/mol. The zero-order valence-electron chi connectivity index (χ0n) is 8.86. The third-order valence-corrected chi connectivity index (χ3v) is 2.76. The average molecular weight is 225 g/mol. The summed E-state index contributed by atoms with van der Waals surface area (Å²) in [4.78, 5) is 11.6. The number of carbonyl (C=O) groups is 1. The van der Waals surface area contributed by atoms with Crippen LogP contribution in [0.15, 0.2) is 24.3 Å². The van der Waals surface area contributed by atoms with Gasteiger partial charge in [0.1, 0.15) is 5.75 Å². The fourth-order valence-electron chi connectivity index (χ4n) is 1.21. The molecule has 1 atom stereocenters. The van der Waals surface area contributed by atoms with Crippen molar-refractivity contribution in [1.82, 2.24) is 5.32 Å².